The number of piperidine rings is 1. The second-order valence-electron chi connectivity index (χ2n) is 12.3. The van der Waals surface area contributed by atoms with Crippen LogP contribution in [0, 0.1) is 26.6 Å². The number of allylic oxidation sites excluding steroid dienone is 1. The molecule has 0 aliphatic carbocycles. The molecule has 1 atom stereocenters. The van der Waals surface area contributed by atoms with Crippen LogP contribution >= 0.6 is 0 Å². The summed E-state index contributed by atoms with van der Waals surface area (Å²) in [6, 6.07) is 9.31. The standard InChI is InChI=1S/C14H29N.C9H11F.C9H13N.C4H8.C4H10.C2H6/c1-4-9-14(10-5-2)15-12-8-7-11-13(15)6-3;1-3-8-5-4-7(2)6-9(8)10;1-4-9-5-7(2)8(3)10-6-9;1-4(2)3;1-3-4-2;1-2/h13-14H,4-12H2,1-3H3;4-6H,3H2,1-2H3;5-6H,4H2,1-3H3;1H2,2-3H3;3-4H2,1-2H3;1-2H3. The van der Waals surface area contributed by atoms with Crippen LogP contribution in [0.3, 0.4) is 0 Å². The molecule has 1 saturated heterocycles. The molecule has 3 rings (SSSR count). The number of hydrogen-bond donors (Lipinski definition) is 0. The Hall–Kier alpha value is -2.00. The van der Waals surface area contributed by atoms with E-state index < -0.39 is 0 Å². The Morgan fingerprint density at radius 2 is 1.42 bits per heavy atom. The maximum Gasteiger partial charge on any atom is 0.126 e. The number of likely N-dealkylation sites (tertiary alicyclic amines) is 1. The van der Waals surface area contributed by atoms with Gasteiger partial charge in [-0.2, -0.15) is 0 Å². The summed E-state index contributed by atoms with van der Waals surface area (Å²) in [6.07, 6.45) is 17.6. The first-order valence-corrected chi connectivity index (χ1v) is 18.5. The van der Waals surface area contributed by atoms with E-state index in [1.165, 1.54) is 87.5 Å². The van der Waals surface area contributed by atoms with Crippen LogP contribution in [-0.2, 0) is 12.8 Å². The lowest BCUT2D eigenvalue weighted by Crippen LogP contribution is -2.45. The summed E-state index contributed by atoms with van der Waals surface area (Å²) in [4.78, 5) is 7.08. The molecular formula is C42H77FN2. The lowest BCUT2D eigenvalue weighted by Gasteiger charge is -2.41. The zero-order chi connectivity index (χ0) is 35.2. The molecule has 0 saturated carbocycles. The summed E-state index contributed by atoms with van der Waals surface area (Å²) in [5.74, 6) is -0.0810. The molecule has 1 fully saturated rings. The summed E-state index contributed by atoms with van der Waals surface area (Å²) in [5, 5.41) is 0. The first kappa shape index (κ1) is 47.4. The van der Waals surface area contributed by atoms with Gasteiger partial charge in [0.25, 0.3) is 0 Å². The molecule has 1 unspecified atom stereocenters. The monoisotopic (exact) mass is 629 g/mol. The fraction of sp³-hybridized carbons (Fsp3) is 0.690. The molecule has 1 aliphatic heterocycles. The van der Waals surface area contributed by atoms with Crippen LogP contribution in [0.1, 0.15) is 168 Å². The number of aryl methyl sites for hydroxylation is 5. The Bertz CT molecular complexity index is 940. The number of rotatable bonds is 9. The molecule has 262 valence electrons. The van der Waals surface area contributed by atoms with Gasteiger partial charge in [-0.05, 0) is 114 Å². The second-order valence-corrected chi connectivity index (χ2v) is 12.3. The van der Waals surface area contributed by atoms with Crippen molar-refractivity contribution >= 4 is 0 Å². The van der Waals surface area contributed by atoms with Gasteiger partial charge in [-0.25, -0.2) is 4.39 Å². The molecule has 45 heavy (non-hydrogen) atoms. The molecule has 2 nitrogen and oxygen atoms in total. The van der Waals surface area contributed by atoms with Gasteiger partial charge in [-0.15, -0.1) is 6.58 Å². The summed E-state index contributed by atoms with van der Waals surface area (Å²) in [5.41, 5.74) is 6.69. The van der Waals surface area contributed by atoms with Crippen molar-refractivity contribution in [1.29, 1.82) is 0 Å². The maximum atomic E-state index is 12.9. The quantitative estimate of drug-likeness (QED) is 0.257. The summed E-state index contributed by atoms with van der Waals surface area (Å²) in [6.45, 7) is 34.4. The van der Waals surface area contributed by atoms with Gasteiger partial charge in [0.15, 0.2) is 0 Å². The zero-order valence-corrected chi connectivity index (χ0v) is 32.7. The highest BCUT2D eigenvalue weighted by Crippen LogP contribution is 2.25. The minimum Gasteiger partial charge on any atom is -0.297 e. The third-order valence-electron chi connectivity index (χ3n) is 7.75. The largest absolute Gasteiger partial charge is 0.297 e. The van der Waals surface area contributed by atoms with E-state index in [-0.39, 0.29) is 5.82 Å². The molecule has 1 aromatic heterocycles. The van der Waals surface area contributed by atoms with Crippen LogP contribution in [0.4, 0.5) is 4.39 Å². The van der Waals surface area contributed by atoms with Gasteiger partial charge >= 0.3 is 0 Å². The summed E-state index contributed by atoms with van der Waals surface area (Å²) in [7, 11) is 0. The number of pyridine rings is 1. The molecule has 0 bridgehead atoms. The van der Waals surface area contributed by atoms with Gasteiger partial charge in [0.05, 0.1) is 0 Å². The average molecular weight is 629 g/mol. The van der Waals surface area contributed by atoms with E-state index in [9.17, 15) is 4.39 Å². The summed E-state index contributed by atoms with van der Waals surface area (Å²) < 4.78 is 12.9. The van der Waals surface area contributed by atoms with E-state index in [1.807, 2.05) is 66.8 Å². The topological polar surface area (TPSA) is 16.1 Å². The Labute approximate surface area is 282 Å². The molecular weight excluding hydrogens is 551 g/mol. The predicted molar refractivity (Wildman–Crippen MR) is 204 cm³/mol. The van der Waals surface area contributed by atoms with Crippen LogP contribution < -0.4 is 0 Å². The highest BCUT2D eigenvalue weighted by molar-refractivity contribution is 5.23. The minimum absolute atomic E-state index is 0.0810. The molecule has 1 aliphatic rings. The van der Waals surface area contributed by atoms with Gasteiger partial charge in [-0.3, -0.25) is 9.88 Å². The molecule has 0 N–H and O–H groups in total. The molecule has 0 amide bonds. The lowest BCUT2D eigenvalue weighted by molar-refractivity contribution is 0.0807. The van der Waals surface area contributed by atoms with E-state index >= 15 is 0 Å². The number of hydrogen-bond acceptors (Lipinski definition) is 2. The van der Waals surface area contributed by atoms with Crippen molar-refractivity contribution in [2.24, 2.45) is 0 Å². The Balaban J connectivity index is -0.000000521. The van der Waals surface area contributed by atoms with Crippen molar-refractivity contribution in [3.63, 3.8) is 0 Å². The van der Waals surface area contributed by atoms with Crippen molar-refractivity contribution in [2.75, 3.05) is 6.54 Å². The first-order valence-electron chi connectivity index (χ1n) is 18.5. The van der Waals surface area contributed by atoms with Crippen LogP contribution in [0.15, 0.2) is 42.6 Å². The minimum atomic E-state index is -0.0810. The molecule has 1 aromatic carbocycles. The van der Waals surface area contributed by atoms with E-state index in [1.54, 1.807) is 6.07 Å². The smallest absolute Gasteiger partial charge is 0.126 e. The fourth-order valence-corrected chi connectivity index (χ4v) is 4.92. The Morgan fingerprint density at radius 3 is 1.82 bits per heavy atom. The van der Waals surface area contributed by atoms with E-state index in [0.717, 1.165) is 41.7 Å². The maximum absolute atomic E-state index is 12.9. The molecule has 3 heteroatoms. The van der Waals surface area contributed by atoms with E-state index in [4.69, 9.17) is 0 Å². The number of nitrogens with zero attached hydrogens (tertiary/aromatic N) is 2. The lowest BCUT2D eigenvalue weighted by atomic mass is 9.94. The Kier molecular flexibility index (Phi) is 33.7. The van der Waals surface area contributed by atoms with Crippen LogP contribution in [0.2, 0.25) is 0 Å². The highest BCUT2D eigenvalue weighted by Gasteiger charge is 2.26. The summed E-state index contributed by atoms with van der Waals surface area (Å²) >= 11 is 0. The molecule has 2 aromatic rings. The van der Waals surface area contributed by atoms with Crippen molar-refractivity contribution in [2.45, 2.75) is 186 Å². The second kappa shape index (κ2) is 32.0. The third kappa shape index (κ3) is 24.9. The number of benzene rings is 1. The zero-order valence-electron chi connectivity index (χ0n) is 32.7. The SMILES string of the molecule is C=C(C)C.CC.CCCC.CCCC(CCC)N1CCCCC1CC.CCc1ccc(C)cc1F.CCc1cnc(C)c(C)c1. The van der Waals surface area contributed by atoms with Gasteiger partial charge in [0.1, 0.15) is 5.82 Å². The van der Waals surface area contributed by atoms with Crippen molar-refractivity contribution in [3.8, 4) is 0 Å². The van der Waals surface area contributed by atoms with E-state index in [0.29, 0.717) is 0 Å². The Morgan fingerprint density at radius 1 is 0.867 bits per heavy atom. The normalized spacial score (nSPS) is 13.6. The number of halogens is 1. The number of aromatic nitrogens is 1. The van der Waals surface area contributed by atoms with E-state index in [2.05, 4.69) is 71.0 Å². The first-order chi connectivity index (χ1) is 21.4. The van der Waals surface area contributed by atoms with Crippen LogP contribution in [0.25, 0.3) is 0 Å². The highest BCUT2D eigenvalue weighted by atomic mass is 19.1. The van der Waals surface area contributed by atoms with Crippen molar-refractivity contribution < 1.29 is 4.39 Å². The number of unbranched alkanes of at least 4 members (excludes halogenated alkanes) is 1. The van der Waals surface area contributed by atoms with Crippen LogP contribution in [-0.4, -0.2) is 28.5 Å². The van der Waals surface area contributed by atoms with Gasteiger partial charge in [0, 0.05) is 24.0 Å². The molecule has 0 spiro atoms. The van der Waals surface area contributed by atoms with Crippen molar-refractivity contribution in [1.82, 2.24) is 9.88 Å². The predicted octanol–water partition coefficient (Wildman–Crippen LogP) is 13.6. The van der Waals surface area contributed by atoms with Gasteiger partial charge in [0.2, 0.25) is 0 Å². The molecule has 2 heterocycles. The van der Waals surface area contributed by atoms with Crippen molar-refractivity contribution in [3.05, 3.63) is 76.4 Å². The van der Waals surface area contributed by atoms with Gasteiger partial charge < -0.3 is 0 Å². The van der Waals surface area contributed by atoms with Gasteiger partial charge in [-0.1, -0.05) is 118 Å². The average Bonchev–Trinajstić information content (AvgIpc) is 3.03. The third-order valence-corrected chi connectivity index (χ3v) is 7.75. The molecule has 0 radical (unpaired) electrons. The van der Waals surface area contributed by atoms with Crippen LogP contribution in [0.5, 0.6) is 0 Å². The fourth-order valence-electron chi connectivity index (χ4n) is 4.92.